The second-order valence-corrected chi connectivity index (χ2v) is 9.59. The molecular formula is C21H28N4O6S. The monoisotopic (exact) mass is 464 g/mol. The third-order valence-corrected chi connectivity index (χ3v) is 6.85. The van der Waals surface area contributed by atoms with Crippen molar-refractivity contribution in [3.63, 3.8) is 0 Å². The molecule has 2 amide bonds. The van der Waals surface area contributed by atoms with Crippen molar-refractivity contribution in [3.8, 4) is 5.75 Å². The number of benzene rings is 1. The van der Waals surface area contributed by atoms with Crippen LogP contribution in [-0.2, 0) is 26.0 Å². The minimum Gasteiger partial charge on any atom is -0.497 e. The topological polar surface area (TPSA) is 152 Å². The van der Waals surface area contributed by atoms with Crippen LogP contribution in [0.5, 0.6) is 5.75 Å². The molecule has 0 aliphatic rings. The van der Waals surface area contributed by atoms with E-state index in [0.29, 0.717) is 16.4 Å². The van der Waals surface area contributed by atoms with E-state index in [1.807, 2.05) is 0 Å². The summed E-state index contributed by atoms with van der Waals surface area (Å²) in [6.45, 7) is 3.34. The number of ether oxygens (including phenoxy) is 1. The molecule has 11 heteroatoms. The van der Waals surface area contributed by atoms with Crippen LogP contribution in [0.4, 0.5) is 0 Å². The largest absolute Gasteiger partial charge is 0.497 e. The number of pyridine rings is 1. The van der Waals surface area contributed by atoms with Crippen LogP contribution >= 0.6 is 0 Å². The molecule has 0 saturated heterocycles. The normalized spacial score (nSPS) is 13.6. The second-order valence-electron chi connectivity index (χ2n) is 7.49. The number of carbonyl (C=O) groups excluding carboxylic acids is 2. The average Bonchev–Trinajstić information content (AvgIpc) is 2.76. The molecule has 0 fully saturated rings. The molecule has 2 rings (SSSR count). The van der Waals surface area contributed by atoms with E-state index >= 15 is 0 Å². The zero-order valence-corrected chi connectivity index (χ0v) is 19.0. The van der Waals surface area contributed by atoms with Crippen molar-refractivity contribution in [2.24, 2.45) is 11.7 Å². The lowest BCUT2D eigenvalue weighted by Crippen LogP contribution is -2.54. The van der Waals surface area contributed by atoms with Gasteiger partial charge < -0.3 is 21.0 Å². The summed E-state index contributed by atoms with van der Waals surface area (Å²) in [5, 5.41) is 12.0. The van der Waals surface area contributed by atoms with Gasteiger partial charge in [-0.05, 0) is 41.8 Å². The molecule has 10 nitrogen and oxygen atoms in total. The summed E-state index contributed by atoms with van der Waals surface area (Å²) in [5.74, 6) is -1.62. The Morgan fingerprint density at radius 2 is 1.88 bits per heavy atom. The Balaban J connectivity index is 2.34. The van der Waals surface area contributed by atoms with Crippen LogP contribution < -0.4 is 15.8 Å². The van der Waals surface area contributed by atoms with Gasteiger partial charge in [-0.3, -0.25) is 14.6 Å². The van der Waals surface area contributed by atoms with Crippen molar-refractivity contribution in [3.05, 3.63) is 54.4 Å². The molecule has 0 saturated carbocycles. The van der Waals surface area contributed by atoms with Crippen LogP contribution in [0.15, 0.2) is 53.7 Å². The fourth-order valence-electron chi connectivity index (χ4n) is 3.15. The average molecular weight is 465 g/mol. The Morgan fingerprint density at radius 1 is 1.22 bits per heavy atom. The molecule has 0 aliphatic heterocycles. The number of amides is 2. The van der Waals surface area contributed by atoms with Gasteiger partial charge in [0.1, 0.15) is 11.8 Å². The number of carbonyl (C=O) groups is 2. The van der Waals surface area contributed by atoms with E-state index in [-0.39, 0.29) is 11.4 Å². The van der Waals surface area contributed by atoms with E-state index in [0.717, 1.165) is 0 Å². The van der Waals surface area contributed by atoms with Gasteiger partial charge in [0.05, 0.1) is 18.4 Å². The van der Waals surface area contributed by atoms with Gasteiger partial charge in [0.25, 0.3) is 0 Å². The fourth-order valence-corrected chi connectivity index (χ4v) is 4.76. The molecular weight excluding hydrogens is 436 g/mol. The lowest BCUT2D eigenvalue weighted by Gasteiger charge is -2.32. The zero-order valence-electron chi connectivity index (χ0n) is 18.1. The molecule has 2 atom stereocenters. The Bertz CT molecular complexity index is 1010. The van der Waals surface area contributed by atoms with Crippen molar-refractivity contribution in [2.45, 2.75) is 43.1 Å². The molecule has 0 spiro atoms. The number of aromatic nitrogens is 1. The number of nitrogens with one attached hydrogen (secondary N) is 1. The van der Waals surface area contributed by atoms with Crippen molar-refractivity contribution < 1.29 is 28.0 Å². The van der Waals surface area contributed by atoms with E-state index < -0.39 is 45.4 Å². The minimum atomic E-state index is -4.28. The first-order valence-corrected chi connectivity index (χ1v) is 11.4. The van der Waals surface area contributed by atoms with Crippen LogP contribution in [-0.4, -0.2) is 54.0 Å². The van der Waals surface area contributed by atoms with Crippen molar-refractivity contribution in [2.75, 3.05) is 7.11 Å². The van der Waals surface area contributed by atoms with Gasteiger partial charge in [0.15, 0.2) is 15.2 Å². The maximum atomic E-state index is 13.3. The van der Waals surface area contributed by atoms with Gasteiger partial charge in [-0.25, -0.2) is 8.42 Å². The molecule has 0 aliphatic carbocycles. The maximum absolute atomic E-state index is 13.3. The van der Waals surface area contributed by atoms with Crippen LogP contribution in [0, 0.1) is 5.92 Å². The lowest BCUT2D eigenvalue weighted by atomic mass is 10.0. The number of hydrogen-bond acceptors (Lipinski definition) is 8. The molecule has 0 radical (unpaired) electrons. The molecule has 1 aromatic carbocycles. The van der Waals surface area contributed by atoms with Crippen LogP contribution in [0.25, 0.3) is 0 Å². The Kier molecular flexibility index (Phi) is 8.70. The molecule has 32 heavy (non-hydrogen) atoms. The van der Waals surface area contributed by atoms with Gasteiger partial charge in [0, 0.05) is 18.9 Å². The van der Waals surface area contributed by atoms with Crippen LogP contribution in [0.2, 0.25) is 0 Å². The quantitative estimate of drug-likeness (QED) is 0.418. The van der Waals surface area contributed by atoms with Gasteiger partial charge in [0.2, 0.25) is 11.8 Å². The van der Waals surface area contributed by atoms with Gasteiger partial charge in [-0.15, -0.1) is 0 Å². The minimum absolute atomic E-state index is 0.122. The zero-order chi connectivity index (χ0) is 23.9. The smallest absolute Gasteiger partial charge is 0.237 e. The fraction of sp³-hybridized carbons (Fsp3) is 0.381. The highest BCUT2D eigenvalue weighted by molar-refractivity contribution is 7.92. The second kappa shape index (κ2) is 11.0. The number of nitrogens with zero attached hydrogens (tertiary/aromatic N) is 2. The first-order chi connectivity index (χ1) is 15.1. The van der Waals surface area contributed by atoms with Gasteiger partial charge in [-0.2, -0.15) is 5.06 Å². The summed E-state index contributed by atoms with van der Waals surface area (Å²) in [6.07, 6.45) is 2.52. The highest BCUT2D eigenvalue weighted by Crippen LogP contribution is 2.26. The summed E-state index contributed by atoms with van der Waals surface area (Å²) >= 11 is 0. The Labute approximate surface area is 187 Å². The Hall–Kier alpha value is -3.02. The van der Waals surface area contributed by atoms with Crippen LogP contribution in [0.3, 0.4) is 0 Å². The van der Waals surface area contributed by atoms with E-state index in [9.17, 15) is 23.2 Å². The molecule has 4 N–H and O–H groups in total. The van der Waals surface area contributed by atoms with Gasteiger partial charge in [-0.1, -0.05) is 19.9 Å². The summed E-state index contributed by atoms with van der Waals surface area (Å²) in [5.41, 5.74) is 6.12. The Morgan fingerprint density at radius 3 is 2.38 bits per heavy atom. The molecule has 1 unspecified atom stereocenters. The molecule has 1 aromatic heterocycles. The predicted molar refractivity (Wildman–Crippen MR) is 116 cm³/mol. The number of rotatable bonds is 11. The maximum Gasteiger partial charge on any atom is 0.237 e. The molecule has 0 bridgehead atoms. The van der Waals surface area contributed by atoms with Crippen molar-refractivity contribution in [1.82, 2.24) is 15.4 Å². The summed E-state index contributed by atoms with van der Waals surface area (Å²) in [6, 6.07) is 7.63. The SMILES string of the molecule is COc1ccc(S(=O)(=O)C(CC(=O)NCc2cccnc2)N(O)[C@@H](C(N)=O)C(C)C)cc1. The lowest BCUT2D eigenvalue weighted by molar-refractivity contribution is -0.168. The summed E-state index contributed by atoms with van der Waals surface area (Å²) in [7, 11) is -2.84. The number of primary amides is 1. The molecule has 174 valence electrons. The molecule has 2 aromatic rings. The van der Waals surface area contributed by atoms with E-state index in [1.165, 1.54) is 31.4 Å². The van der Waals surface area contributed by atoms with E-state index in [4.69, 9.17) is 10.5 Å². The number of hydrogen-bond donors (Lipinski definition) is 3. The third kappa shape index (κ3) is 6.25. The van der Waals surface area contributed by atoms with Crippen molar-refractivity contribution >= 4 is 21.7 Å². The molecule has 1 heterocycles. The van der Waals surface area contributed by atoms with Gasteiger partial charge >= 0.3 is 0 Å². The summed E-state index contributed by atoms with van der Waals surface area (Å²) < 4.78 is 31.7. The number of nitrogens with two attached hydrogens (primary N) is 1. The van der Waals surface area contributed by atoms with E-state index in [1.54, 1.807) is 38.4 Å². The predicted octanol–water partition coefficient (Wildman–Crippen LogP) is 1.10. The number of methoxy groups -OCH3 is 1. The number of sulfone groups is 1. The first kappa shape index (κ1) is 25.2. The number of hydroxylamine groups is 2. The van der Waals surface area contributed by atoms with Crippen LogP contribution in [0.1, 0.15) is 25.8 Å². The van der Waals surface area contributed by atoms with Crippen molar-refractivity contribution in [1.29, 1.82) is 0 Å². The summed E-state index contributed by atoms with van der Waals surface area (Å²) in [4.78, 5) is 28.3. The standard InChI is InChI=1S/C21H28N4O6S/c1-14(2)20(21(22)27)25(28)19(11-18(26)24-13-15-5-4-10-23-12-15)32(29,30)17-8-6-16(31-3)7-9-17/h4-10,12,14,19-20,28H,11,13H2,1-3H3,(H2,22,27)(H,24,26)/t19?,20-/m1/s1. The van der Waals surface area contributed by atoms with E-state index in [2.05, 4.69) is 10.3 Å². The highest BCUT2D eigenvalue weighted by Gasteiger charge is 2.41. The third-order valence-electron chi connectivity index (χ3n) is 4.82. The first-order valence-electron chi connectivity index (χ1n) is 9.88. The highest BCUT2D eigenvalue weighted by atomic mass is 32.2.